The monoisotopic (exact) mass is 363 g/mol. The zero-order valence-corrected chi connectivity index (χ0v) is 16.9. The topological polar surface area (TPSA) is 46.9 Å². The third-order valence-corrected chi connectivity index (χ3v) is 5.04. The average molecular weight is 364 g/mol. The Bertz CT molecular complexity index is 1000. The first kappa shape index (κ1) is 19.3. The maximum atomic E-state index is 13.4. The predicted molar refractivity (Wildman–Crippen MR) is 113 cm³/mol. The summed E-state index contributed by atoms with van der Waals surface area (Å²) in [7, 11) is 0. The van der Waals surface area contributed by atoms with E-state index in [-0.39, 0.29) is 11.6 Å². The van der Waals surface area contributed by atoms with Gasteiger partial charge >= 0.3 is 0 Å². The summed E-state index contributed by atoms with van der Waals surface area (Å²) < 4.78 is 1.79. The molecule has 0 spiro atoms. The van der Waals surface area contributed by atoms with Crippen LogP contribution in [0.1, 0.15) is 50.2 Å². The van der Waals surface area contributed by atoms with Gasteiger partial charge in [0.05, 0.1) is 22.6 Å². The minimum atomic E-state index is -0.0105. The van der Waals surface area contributed by atoms with Crippen LogP contribution in [0.3, 0.4) is 0 Å². The number of fused-ring (bicyclic) bond motifs is 1. The molecule has 27 heavy (non-hydrogen) atoms. The van der Waals surface area contributed by atoms with Crippen LogP contribution < -0.4 is 10.9 Å². The van der Waals surface area contributed by atoms with E-state index >= 15 is 0 Å². The molecular formula is C23H29N3O. The van der Waals surface area contributed by atoms with E-state index in [1.807, 2.05) is 30.3 Å². The van der Waals surface area contributed by atoms with E-state index in [1.54, 1.807) is 4.57 Å². The van der Waals surface area contributed by atoms with Gasteiger partial charge in [0, 0.05) is 0 Å². The summed E-state index contributed by atoms with van der Waals surface area (Å²) in [6.07, 6.45) is 0.863. The molecule has 0 bridgehead atoms. The van der Waals surface area contributed by atoms with E-state index in [2.05, 4.69) is 52.1 Å². The zero-order valence-electron chi connectivity index (χ0n) is 16.9. The van der Waals surface area contributed by atoms with Gasteiger partial charge in [-0.25, -0.2) is 4.98 Å². The highest BCUT2D eigenvalue weighted by atomic mass is 16.1. The first-order valence-corrected chi connectivity index (χ1v) is 9.75. The molecule has 0 saturated carbocycles. The summed E-state index contributed by atoms with van der Waals surface area (Å²) in [5.41, 5.74) is 4.00. The number of rotatable bonds is 6. The summed E-state index contributed by atoms with van der Waals surface area (Å²) >= 11 is 0. The van der Waals surface area contributed by atoms with Crippen molar-refractivity contribution in [3.05, 3.63) is 69.8 Å². The highest BCUT2D eigenvalue weighted by Crippen LogP contribution is 2.22. The van der Waals surface area contributed by atoms with Crippen LogP contribution in [-0.2, 0) is 0 Å². The van der Waals surface area contributed by atoms with E-state index in [4.69, 9.17) is 4.98 Å². The average Bonchev–Trinajstić information content (AvgIpc) is 2.65. The van der Waals surface area contributed by atoms with Crippen molar-refractivity contribution >= 4 is 10.9 Å². The van der Waals surface area contributed by atoms with Gasteiger partial charge in [0.25, 0.3) is 5.56 Å². The minimum absolute atomic E-state index is 0.0105. The largest absolute Gasteiger partial charge is 0.307 e. The van der Waals surface area contributed by atoms with Crippen molar-refractivity contribution in [2.45, 2.75) is 47.1 Å². The molecule has 4 heteroatoms. The molecule has 3 aromatic rings. The van der Waals surface area contributed by atoms with Crippen molar-refractivity contribution in [2.24, 2.45) is 5.92 Å². The Morgan fingerprint density at radius 1 is 1.07 bits per heavy atom. The molecule has 4 nitrogen and oxygen atoms in total. The number of nitrogens with one attached hydrogen (secondary N) is 1. The Morgan fingerprint density at radius 3 is 2.48 bits per heavy atom. The molecule has 0 aliphatic carbocycles. The van der Waals surface area contributed by atoms with Gasteiger partial charge in [-0.05, 0) is 68.1 Å². The van der Waals surface area contributed by atoms with Crippen LogP contribution in [0.4, 0.5) is 0 Å². The molecule has 0 radical (unpaired) electrons. The van der Waals surface area contributed by atoms with Crippen molar-refractivity contribution in [2.75, 3.05) is 6.54 Å². The quantitative estimate of drug-likeness (QED) is 0.690. The Hall–Kier alpha value is -2.46. The standard InChI is InChI=1S/C23H29N3O/c1-6-20(24-14-15(2)3)22-25-21-10-8-7-9-19(21)23(27)26(22)18-12-11-16(4)17(5)13-18/h7-13,15,20,24H,6,14H2,1-5H3/t20-/m1/s1. The van der Waals surface area contributed by atoms with Gasteiger partial charge in [0.15, 0.2) is 0 Å². The lowest BCUT2D eigenvalue weighted by Crippen LogP contribution is -2.32. The third kappa shape index (κ3) is 3.96. The van der Waals surface area contributed by atoms with E-state index in [0.29, 0.717) is 11.3 Å². The molecule has 1 aromatic heterocycles. The highest BCUT2D eigenvalue weighted by molar-refractivity contribution is 5.77. The summed E-state index contributed by atoms with van der Waals surface area (Å²) in [4.78, 5) is 18.3. The number of benzene rings is 2. The maximum absolute atomic E-state index is 13.4. The second-order valence-corrected chi connectivity index (χ2v) is 7.66. The fourth-order valence-electron chi connectivity index (χ4n) is 3.29. The molecule has 0 aliphatic rings. The minimum Gasteiger partial charge on any atom is -0.307 e. The first-order chi connectivity index (χ1) is 12.9. The van der Waals surface area contributed by atoms with Gasteiger partial charge in [0.2, 0.25) is 0 Å². The number of nitrogens with zero attached hydrogens (tertiary/aromatic N) is 2. The fourth-order valence-corrected chi connectivity index (χ4v) is 3.29. The molecule has 1 heterocycles. The molecule has 0 amide bonds. The molecular weight excluding hydrogens is 334 g/mol. The third-order valence-electron chi connectivity index (χ3n) is 5.04. The van der Waals surface area contributed by atoms with E-state index in [0.717, 1.165) is 30.0 Å². The highest BCUT2D eigenvalue weighted by Gasteiger charge is 2.20. The smallest absolute Gasteiger partial charge is 0.266 e. The second kappa shape index (κ2) is 8.05. The molecule has 0 unspecified atom stereocenters. The second-order valence-electron chi connectivity index (χ2n) is 7.66. The van der Waals surface area contributed by atoms with Gasteiger partial charge in [-0.2, -0.15) is 0 Å². The Morgan fingerprint density at radius 2 is 1.81 bits per heavy atom. The van der Waals surface area contributed by atoms with Gasteiger partial charge in [-0.1, -0.05) is 39.0 Å². The summed E-state index contributed by atoms with van der Waals surface area (Å²) in [5, 5.41) is 4.24. The van der Waals surface area contributed by atoms with Crippen LogP contribution >= 0.6 is 0 Å². The molecule has 2 aromatic carbocycles. The number of hydrogen-bond acceptors (Lipinski definition) is 3. The number of para-hydroxylation sites is 1. The maximum Gasteiger partial charge on any atom is 0.266 e. The summed E-state index contributed by atoms with van der Waals surface area (Å²) in [6.45, 7) is 11.5. The van der Waals surface area contributed by atoms with Crippen molar-refractivity contribution in [3.8, 4) is 5.69 Å². The molecule has 0 fully saturated rings. The zero-order chi connectivity index (χ0) is 19.6. The lowest BCUT2D eigenvalue weighted by atomic mass is 10.1. The first-order valence-electron chi connectivity index (χ1n) is 9.75. The van der Waals surface area contributed by atoms with Crippen LogP contribution in [0.5, 0.6) is 0 Å². The number of hydrogen-bond donors (Lipinski definition) is 1. The Kier molecular flexibility index (Phi) is 5.76. The molecule has 1 atom stereocenters. The van der Waals surface area contributed by atoms with E-state index in [1.165, 1.54) is 11.1 Å². The van der Waals surface area contributed by atoms with Crippen molar-refractivity contribution in [1.82, 2.24) is 14.9 Å². The summed E-state index contributed by atoms with van der Waals surface area (Å²) in [5.74, 6) is 1.31. The number of aryl methyl sites for hydroxylation is 2. The van der Waals surface area contributed by atoms with Gasteiger partial charge < -0.3 is 5.32 Å². The SMILES string of the molecule is CC[C@@H](NCC(C)C)c1nc2ccccc2c(=O)n1-c1ccc(C)c(C)c1. The van der Waals surface area contributed by atoms with Gasteiger partial charge in [-0.3, -0.25) is 9.36 Å². The van der Waals surface area contributed by atoms with Gasteiger partial charge in [-0.15, -0.1) is 0 Å². The van der Waals surface area contributed by atoms with Crippen LogP contribution in [0, 0.1) is 19.8 Å². The van der Waals surface area contributed by atoms with Crippen LogP contribution in [0.25, 0.3) is 16.6 Å². The van der Waals surface area contributed by atoms with Gasteiger partial charge in [0.1, 0.15) is 5.82 Å². The van der Waals surface area contributed by atoms with Crippen LogP contribution in [0.2, 0.25) is 0 Å². The van der Waals surface area contributed by atoms with Crippen LogP contribution in [-0.4, -0.2) is 16.1 Å². The van der Waals surface area contributed by atoms with E-state index in [9.17, 15) is 4.79 Å². The molecule has 142 valence electrons. The summed E-state index contributed by atoms with van der Waals surface area (Å²) in [6, 6.07) is 13.8. The molecule has 3 rings (SSSR count). The normalized spacial score (nSPS) is 12.7. The molecule has 1 N–H and O–H groups in total. The predicted octanol–water partition coefficient (Wildman–Crippen LogP) is 4.70. The molecule has 0 saturated heterocycles. The molecule has 0 aliphatic heterocycles. The van der Waals surface area contributed by atoms with Crippen molar-refractivity contribution in [1.29, 1.82) is 0 Å². The van der Waals surface area contributed by atoms with E-state index < -0.39 is 0 Å². The fraction of sp³-hybridized carbons (Fsp3) is 0.391. The Balaban J connectivity index is 2.26. The number of aromatic nitrogens is 2. The Labute approximate surface area is 161 Å². The van der Waals surface area contributed by atoms with Crippen LogP contribution in [0.15, 0.2) is 47.3 Å². The lowest BCUT2D eigenvalue weighted by Gasteiger charge is -2.23. The van der Waals surface area contributed by atoms with Crippen molar-refractivity contribution < 1.29 is 0 Å². The van der Waals surface area contributed by atoms with Crippen molar-refractivity contribution in [3.63, 3.8) is 0 Å². The lowest BCUT2D eigenvalue weighted by molar-refractivity contribution is 0.442.